The van der Waals surface area contributed by atoms with E-state index in [1.165, 1.54) is 5.56 Å². The molecule has 1 N–H and O–H groups in total. The molecule has 1 saturated heterocycles. The Balaban J connectivity index is 1.94. The molecule has 130 valence electrons. The summed E-state index contributed by atoms with van der Waals surface area (Å²) in [5, 5.41) is 3.21. The topological polar surface area (TPSA) is 32.3 Å². The first-order valence-electron chi connectivity index (χ1n) is 8.97. The van der Waals surface area contributed by atoms with E-state index in [9.17, 15) is 4.79 Å². The number of benzene rings is 1. The molecule has 1 amide bonds. The predicted molar refractivity (Wildman–Crippen MR) is 99.7 cm³/mol. The van der Waals surface area contributed by atoms with Gasteiger partial charge in [-0.25, -0.2) is 0 Å². The SMILES string of the molecule is C#CCN1CCCCC1C(=O)NC(C)CC(C)(C)c1ccccc1. The number of nitrogens with one attached hydrogen (secondary N) is 1. The minimum Gasteiger partial charge on any atom is -0.352 e. The van der Waals surface area contributed by atoms with Gasteiger partial charge in [0.25, 0.3) is 0 Å². The normalized spacial score (nSPS) is 20.2. The van der Waals surface area contributed by atoms with Crippen LogP contribution in [0.15, 0.2) is 30.3 Å². The summed E-state index contributed by atoms with van der Waals surface area (Å²) in [4.78, 5) is 14.8. The third kappa shape index (κ3) is 4.85. The third-order valence-corrected chi connectivity index (χ3v) is 4.97. The molecule has 0 aliphatic carbocycles. The van der Waals surface area contributed by atoms with Crippen LogP contribution in [0.3, 0.4) is 0 Å². The zero-order chi connectivity index (χ0) is 17.6. The van der Waals surface area contributed by atoms with Gasteiger partial charge in [-0.15, -0.1) is 6.42 Å². The van der Waals surface area contributed by atoms with Crippen LogP contribution in [0.4, 0.5) is 0 Å². The quantitative estimate of drug-likeness (QED) is 0.813. The van der Waals surface area contributed by atoms with Crippen LogP contribution in [-0.4, -0.2) is 36.0 Å². The molecule has 1 fully saturated rings. The molecular formula is C21H30N2O. The summed E-state index contributed by atoms with van der Waals surface area (Å²) >= 11 is 0. The van der Waals surface area contributed by atoms with Crippen molar-refractivity contribution in [2.24, 2.45) is 0 Å². The van der Waals surface area contributed by atoms with Gasteiger partial charge >= 0.3 is 0 Å². The highest BCUT2D eigenvalue weighted by Gasteiger charge is 2.30. The van der Waals surface area contributed by atoms with Crippen LogP contribution in [0.2, 0.25) is 0 Å². The second-order valence-corrected chi connectivity index (χ2v) is 7.55. The Kier molecular flexibility index (Phi) is 6.45. The van der Waals surface area contributed by atoms with Crippen molar-refractivity contribution in [3.05, 3.63) is 35.9 Å². The zero-order valence-corrected chi connectivity index (χ0v) is 15.2. The fourth-order valence-corrected chi connectivity index (χ4v) is 3.76. The Labute approximate surface area is 146 Å². The standard InChI is InChI=1S/C21H30N2O/c1-5-14-23-15-10-9-13-19(23)20(24)22-17(2)16-21(3,4)18-11-7-6-8-12-18/h1,6-8,11-12,17,19H,9-10,13-16H2,2-4H3,(H,22,24). The summed E-state index contributed by atoms with van der Waals surface area (Å²) in [6.45, 7) is 8.04. The lowest BCUT2D eigenvalue weighted by Crippen LogP contribution is -2.52. The number of carbonyl (C=O) groups excluding carboxylic acids is 1. The lowest BCUT2D eigenvalue weighted by molar-refractivity contribution is -0.128. The fraction of sp³-hybridized carbons (Fsp3) is 0.571. The molecule has 3 heteroatoms. The van der Waals surface area contributed by atoms with E-state index >= 15 is 0 Å². The lowest BCUT2D eigenvalue weighted by Gasteiger charge is -2.35. The van der Waals surface area contributed by atoms with Gasteiger partial charge < -0.3 is 5.32 Å². The van der Waals surface area contributed by atoms with Crippen LogP contribution < -0.4 is 5.32 Å². The minimum absolute atomic E-state index is 0.0268. The molecule has 0 saturated carbocycles. The van der Waals surface area contributed by atoms with Crippen molar-refractivity contribution in [3.8, 4) is 12.3 Å². The molecule has 1 aromatic carbocycles. The maximum absolute atomic E-state index is 12.7. The van der Waals surface area contributed by atoms with Gasteiger partial charge in [-0.3, -0.25) is 9.69 Å². The summed E-state index contributed by atoms with van der Waals surface area (Å²) in [6, 6.07) is 10.5. The number of likely N-dealkylation sites (tertiary alicyclic amines) is 1. The van der Waals surface area contributed by atoms with Crippen molar-refractivity contribution < 1.29 is 4.79 Å². The summed E-state index contributed by atoms with van der Waals surface area (Å²) < 4.78 is 0. The van der Waals surface area contributed by atoms with E-state index < -0.39 is 0 Å². The van der Waals surface area contributed by atoms with Crippen molar-refractivity contribution >= 4 is 5.91 Å². The number of rotatable bonds is 6. The molecule has 1 aliphatic heterocycles. The summed E-state index contributed by atoms with van der Waals surface area (Å²) in [6.07, 6.45) is 9.49. The second-order valence-electron chi connectivity index (χ2n) is 7.55. The third-order valence-electron chi connectivity index (χ3n) is 4.97. The Morgan fingerprint density at radius 1 is 1.38 bits per heavy atom. The molecule has 0 aromatic heterocycles. The van der Waals surface area contributed by atoms with E-state index in [-0.39, 0.29) is 23.4 Å². The summed E-state index contributed by atoms with van der Waals surface area (Å²) in [5.41, 5.74) is 1.33. The molecule has 0 radical (unpaired) electrons. The molecule has 1 aromatic rings. The van der Waals surface area contributed by atoms with Crippen LogP contribution in [0, 0.1) is 12.3 Å². The van der Waals surface area contributed by atoms with Gasteiger partial charge in [-0.2, -0.15) is 0 Å². The Morgan fingerprint density at radius 2 is 2.08 bits per heavy atom. The average Bonchev–Trinajstić information content (AvgIpc) is 2.56. The molecule has 0 spiro atoms. The lowest BCUT2D eigenvalue weighted by atomic mass is 9.79. The second kappa shape index (κ2) is 8.35. The van der Waals surface area contributed by atoms with Gasteiger partial charge in [0.1, 0.15) is 0 Å². The van der Waals surface area contributed by atoms with E-state index in [0.29, 0.717) is 6.54 Å². The van der Waals surface area contributed by atoms with Crippen molar-refractivity contribution in [3.63, 3.8) is 0 Å². The minimum atomic E-state index is -0.0721. The Hall–Kier alpha value is -1.79. The number of hydrogen-bond donors (Lipinski definition) is 1. The first kappa shape index (κ1) is 18.5. The number of hydrogen-bond acceptors (Lipinski definition) is 2. The Bertz CT molecular complexity index is 573. The average molecular weight is 326 g/mol. The predicted octanol–water partition coefficient (Wildman–Crippen LogP) is 3.35. The molecule has 0 bridgehead atoms. The van der Waals surface area contributed by atoms with Crippen molar-refractivity contribution in [2.75, 3.05) is 13.1 Å². The van der Waals surface area contributed by atoms with E-state index in [1.54, 1.807) is 0 Å². The van der Waals surface area contributed by atoms with Crippen molar-refractivity contribution in [1.29, 1.82) is 0 Å². The van der Waals surface area contributed by atoms with Crippen LogP contribution in [0.5, 0.6) is 0 Å². The van der Waals surface area contributed by atoms with E-state index in [0.717, 1.165) is 32.2 Å². The molecule has 1 heterocycles. The monoisotopic (exact) mass is 326 g/mol. The first-order chi connectivity index (χ1) is 11.4. The maximum atomic E-state index is 12.7. The van der Waals surface area contributed by atoms with Gasteiger partial charge in [0.2, 0.25) is 5.91 Å². The van der Waals surface area contributed by atoms with Gasteiger partial charge in [-0.1, -0.05) is 56.5 Å². The van der Waals surface area contributed by atoms with Gasteiger partial charge in [0.15, 0.2) is 0 Å². The van der Waals surface area contributed by atoms with Crippen molar-refractivity contribution in [1.82, 2.24) is 10.2 Å². The van der Waals surface area contributed by atoms with Crippen LogP contribution in [0.1, 0.15) is 52.0 Å². The van der Waals surface area contributed by atoms with Crippen LogP contribution in [0.25, 0.3) is 0 Å². The summed E-state index contributed by atoms with van der Waals surface area (Å²) in [7, 11) is 0. The molecule has 2 atom stereocenters. The largest absolute Gasteiger partial charge is 0.352 e. The Morgan fingerprint density at radius 3 is 2.75 bits per heavy atom. The highest BCUT2D eigenvalue weighted by Crippen LogP contribution is 2.28. The molecule has 2 unspecified atom stereocenters. The molecule has 24 heavy (non-hydrogen) atoms. The number of nitrogens with zero attached hydrogens (tertiary/aromatic N) is 1. The number of carbonyl (C=O) groups is 1. The molecular weight excluding hydrogens is 296 g/mol. The first-order valence-corrected chi connectivity index (χ1v) is 8.97. The van der Waals surface area contributed by atoms with Gasteiger partial charge in [0.05, 0.1) is 12.6 Å². The number of amides is 1. The molecule has 2 rings (SSSR count). The summed E-state index contributed by atoms with van der Waals surface area (Å²) in [5.74, 6) is 2.81. The zero-order valence-electron chi connectivity index (χ0n) is 15.2. The van der Waals surface area contributed by atoms with Crippen LogP contribution in [-0.2, 0) is 10.2 Å². The highest BCUT2D eigenvalue weighted by molar-refractivity contribution is 5.82. The van der Waals surface area contributed by atoms with Gasteiger partial charge in [-0.05, 0) is 43.7 Å². The van der Waals surface area contributed by atoms with Gasteiger partial charge in [0, 0.05) is 6.04 Å². The molecule has 1 aliphatic rings. The maximum Gasteiger partial charge on any atom is 0.237 e. The van der Waals surface area contributed by atoms with E-state index in [4.69, 9.17) is 6.42 Å². The fourth-order valence-electron chi connectivity index (χ4n) is 3.76. The smallest absolute Gasteiger partial charge is 0.237 e. The van der Waals surface area contributed by atoms with Crippen LogP contribution >= 0.6 is 0 Å². The molecule has 3 nitrogen and oxygen atoms in total. The number of piperidine rings is 1. The van der Waals surface area contributed by atoms with E-state index in [1.807, 2.05) is 6.07 Å². The highest BCUT2D eigenvalue weighted by atomic mass is 16.2. The van der Waals surface area contributed by atoms with Crippen molar-refractivity contribution in [2.45, 2.75) is 64.0 Å². The number of terminal acetylenes is 1. The van der Waals surface area contributed by atoms with E-state index in [2.05, 4.69) is 61.2 Å².